The van der Waals surface area contributed by atoms with E-state index in [1.54, 1.807) is 12.2 Å². The fraction of sp³-hybridized carbons (Fsp3) is 0.704. The van der Waals surface area contributed by atoms with Gasteiger partial charge in [0, 0.05) is 30.1 Å². The van der Waals surface area contributed by atoms with Crippen molar-refractivity contribution in [3.63, 3.8) is 0 Å². The quantitative estimate of drug-likeness (QED) is 0.568. The molecule has 1 heterocycles. The Morgan fingerprint density at radius 2 is 2.00 bits per heavy atom. The van der Waals surface area contributed by atoms with E-state index in [-0.39, 0.29) is 48.1 Å². The van der Waals surface area contributed by atoms with Crippen molar-refractivity contribution in [3.05, 3.63) is 23.8 Å². The summed E-state index contributed by atoms with van der Waals surface area (Å²) in [6, 6.07) is 0. The fourth-order valence-corrected chi connectivity index (χ4v) is 7.99. The van der Waals surface area contributed by atoms with Gasteiger partial charge in [0.25, 0.3) is 0 Å². The van der Waals surface area contributed by atoms with Gasteiger partial charge in [-0.1, -0.05) is 38.8 Å². The number of carbonyl (C=O) groups excluding carboxylic acids is 4. The van der Waals surface area contributed by atoms with Crippen molar-refractivity contribution in [1.29, 1.82) is 0 Å². The Bertz CT molecular complexity index is 1010. The van der Waals surface area contributed by atoms with E-state index in [1.807, 2.05) is 19.9 Å². The SMILES string of the molecule is CCCC1O[C@@H]2C[C@H]3[C@@H]4CCC5=CC(=O)C=C[C@]5(C)[C@H]4C(=O)C[C@]3(C)[C@]2(C(=O)COC(C)=O)O1. The van der Waals surface area contributed by atoms with Gasteiger partial charge in [0.05, 0.1) is 6.10 Å². The van der Waals surface area contributed by atoms with Crippen LogP contribution >= 0.6 is 0 Å². The van der Waals surface area contributed by atoms with Crippen LogP contribution in [0.5, 0.6) is 0 Å². The molecule has 7 nitrogen and oxygen atoms in total. The molecule has 7 heteroatoms. The van der Waals surface area contributed by atoms with Gasteiger partial charge in [-0.3, -0.25) is 19.2 Å². The first-order valence-corrected chi connectivity index (χ1v) is 12.5. The summed E-state index contributed by atoms with van der Waals surface area (Å²) in [5.41, 5.74) is -1.49. The summed E-state index contributed by atoms with van der Waals surface area (Å²) < 4.78 is 17.9. The predicted octanol–water partition coefficient (Wildman–Crippen LogP) is 3.50. The maximum absolute atomic E-state index is 13.9. The Labute approximate surface area is 200 Å². The summed E-state index contributed by atoms with van der Waals surface area (Å²) in [6.45, 7) is 7.00. The molecular weight excluding hydrogens is 436 g/mol. The van der Waals surface area contributed by atoms with E-state index >= 15 is 0 Å². The van der Waals surface area contributed by atoms with E-state index in [9.17, 15) is 19.2 Å². The molecule has 8 atom stereocenters. The van der Waals surface area contributed by atoms with Gasteiger partial charge in [-0.25, -0.2) is 0 Å². The molecule has 1 saturated heterocycles. The molecule has 4 aliphatic carbocycles. The van der Waals surface area contributed by atoms with E-state index in [0.29, 0.717) is 12.8 Å². The Hall–Kier alpha value is -2.12. The zero-order valence-corrected chi connectivity index (χ0v) is 20.4. The van der Waals surface area contributed by atoms with E-state index in [4.69, 9.17) is 14.2 Å². The van der Waals surface area contributed by atoms with E-state index in [2.05, 4.69) is 6.92 Å². The molecule has 1 aliphatic heterocycles. The Kier molecular flexibility index (Phi) is 5.52. The number of carbonyl (C=O) groups is 4. The normalized spacial score (nSPS) is 44.6. The summed E-state index contributed by atoms with van der Waals surface area (Å²) in [7, 11) is 0. The number of ketones is 3. The number of esters is 1. The Morgan fingerprint density at radius 3 is 2.71 bits per heavy atom. The van der Waals surface area contributed by atoms with Crippen LogP contribution in [0.3, 0.4) is 0 Å². The second-order valence-corrected chi connectivity index (χ2v) is 11.2. The summed E-state index contributed by atoms with van der Waals surface area (Å²) in [5.74, 6) is -0.871. The molecule has 184 valence electrons. The molecule has 0 aromatic heterocycles. The highest BCUT2D eigenvalue weighted by Gasteiger charge is 2.76. The molecule has 0 N–H and O–H groups in total. The van der Waals surface area contributed by atoms with Gasteiger partial charge in [-0.2, -0.15) is 0 Å². The molecular formula is C27H34O7. The van der Waals surface area contributed by atoms with Crippen LogP contribution < -0.4 is 0 Å². The molecule has 34 heavy (non-hydrogen) atoms. The summed E-state index contributed by atoms with van der Waals surface area (Å²) in [5, 5.41) is 0. The molecule has 0 radical (unpaired) electrons. The van der Waals surface area contributed by atoms with Crippen molar-refractivity contribution in [2.24, 2.45) is 28.6 Å². The smallest absolute Gasteiger partial charge is 0.303 e. The van der Waals surface area contributed by atoms with E-state index in [1.165, 1.54) is 6.92 Å². The molecule has 0 aromatic carbocycles. The van der Waals surface area contributed by atoms with Crippen molar-refractivity contribution in [3.8, 4) is 0 Å². The van der Waals surface area contributed by atoms with Crippen molar-refractivity contribution >= 4 is 23.3 Å². The van der Waals surface area contributed by atoms with Crippen LogP contribution in [0.25, 0.3) is 0 Å². The predicted molar refractivity (Wildman–Crippen MR) is 121 cm³/mol. The lowest BCUT2D eigenvalue weighted by molar-refractivity contribution is -0.189. The molecule has 0 amide bonds. The molecule has 0 spiro atoms. The Morgan fingerprint density at radius 1 is 1.24 bits per heavy atom. The topological polar surface area (TPSA) is 96.0 Å². The second-order valence-electron chi connectivity index (χ2n) is 11.2. The van der Waals surface area contributed by atoms with Crippen molar-refractivity contribution in [1.82, 2.24) is 0 Å². The van der Waals surface area contributed by atoms with Crippen LogP contribution in [-0.4, -0.2) is 47.9 Å². The van der Waals surface area contributed by atoms with Crippen molar-refractivity contribution in [2.45, 2.75) is 84.2 Å². The van der Waals surface area contributed by atoms with Crippen LogP contribution in [0.1, 0.15) is 66.2 Å². The molecule has 0 bridgehead atoms. The molecule has 3 saturated carbocycles. The summed E-state index contributed by atoms with van der Waals surface area (Å²) in [6.07, 6.45) is 8.11. The lowest BCUT2D eigenvalue weighted by Crippen LogP contribution is -2.62. The van der Waals surface area contributed by atoms with Crippen molar-refractivity contribution < 1.29 is 33.4 Å². The first-order chi connectivity index (χ1) is 16.1. The van der Waals surface area contributed by atoms with Crippen LogP contribution in [0.4, 0.5) is 0 Å². The highest BCUT2D eigenvalue weighted by Crippen LogP contribution is 2.68. The van der Waals surface area contributed by atoms with Crippen molar-refractivity contribution in [2.75, 3.05) is 6.61 Å². The van der Waals surface area contributed by atoms with E-state index in [0.717, 1.165) is 24.8 Å². The van der Waals surface area contributed by atoms with Crippen LogP contribution in [0, 0.1) is 28.6 Å². The van der Waals surface area contributed by atoms with Gasteiger partial charge >= 0.3 is 5.97 Å². The first-order valence-electron chi connectivity index (χ1n) is 12.5. The van der Waals surface area contributed by atoms with Gasteiger partial charge in [0.1, 0.15) is 5.78 Å². The maximum Gasteiger partial charge on any atom is 0.303 e. The summed E-state index contributed by atoms with van der Waals surface area (Å²) >= 11 is 0. The highest BCUT2D eigenvalue weighted by molar-refractivity contribution is 6.02. The van der Waals surface area contributed by atoms with Crippen LogP contribution in [-0.2, 0) is 33.4 Å². The number of Topliss-reactive ketones (excluding diaryl/α,β-unsaturated/α-hetero) is 2. The van der Waals surface area contributed by atoms with Gasteiger partial charge in [0.15, 0.2) is 24.3 Å². The van der Waals surface area contributed by atoms with Gasteiger partial charge in [0.2, 0.25) is 5.78 Å². The van der Waals surface area contributed by atoms with Crippen LogP contribution in [0.15, 0.2) is 23.8 Å². The fourth-order valence-electron chi connectivity index (χ4n) is 7.99. The largest absolute Gasteiger partial charge is 0.458 e. The number of hydrogen-bond acceptors (Lipinski definition) is 7. The highest BCUT2D eigenvalue weighted by atomic mass is 16.7. The average Bonchev–Trinajstić information content (AvgIpc) is 3.25. The molecule has 5 aliphatic rings. The average molecular weight is 471 g/mol. The van der Waals surface area contributed by atoms with Crippen LogP contribution in [0.2, 0.25) is 0 Å². The minimum absolute atomic E-state index is 0.0202. The maximum atomic E-state index is 13.9. The number of fused-ring (bicyclic) bond motifs is 7. The monoisotopic (exact) mass is 470 g/mol. The number of ether oxygens (including phenoxy) is 3. The first kappa shape index (κ1) is 23.6. The van der Waals surface area contributed by atoms with Gasteiger partial charge in [-0.05, 0) is 49.7 Å². The lowest BCUT2D eigenvalue weighted by atomic mass is 9.46. The zero-order valence-electron chi connectivity index (χ0n) is 20.4. The standard InChI is InChI=1S/C27H34O7/c1-5-6-23-33-22-12-19-18-8-7-16-11-17(29)9-10-25(16,3)24(18)20(30)13-26(19,4)27(22,34-23)21(31)14-32-15(2)28/h9-11,18-19,22-24H,5-8,12-14H2,1-4H3/t18-,19-,22+,23?,24+,25-,26-,27+/m0/s1. The number of rotatable bonds is 5. The third-order valence-electron chi connectivity index (χ3n) is 9.40. The van der Waals surface area contributed by atoms with Gasteiger partial charge < -0.3 is 14.2 Å². The minimum atomic E-state index is -1.30. The second kappa shape index (κ2) is 7.95. The zero-order chi connectivity index (χ0) is 24.5. The molecule has 1 unspecified atom stereocenters. The third-order valence-corrected chi connectivity index (χ3v) is 9.40. The third kappa shape index (κ3) is 3.08. The number of allylic oxidation sites excluding steroid dienone is 4. The molecule has 0 aromatic rings. The lowest BCUT2D eigenvalue weighted by Gasteiger charge is -2.57. The van der Waals surface area contributed by atoms with Gasteiger partial charge in [-0.15, -0.1) is 0 Å². The Balaban J connectivity index is 1.54. The summed E-state index contributed by atoms with van der Waals surface area (Å²) in [4.78, 5) is 51.1. The van der Waals surface area contributed by atoms with E-state index < -0.39 is 34.8 Å². The molecule has 5 rings (SSSR count). The minimum Gasteiger partial charge on any atom is -0.458 e. The molecule has 4 fully saturated rings. The number of hydrogen-bond donors (Lipinski definition) is 0.